The first kappa shape index (κ1) is 31.1. The quantitative estimate of drug-likeness (QED) is 0.278. The molecule has 4 aliphatic heterocycles. The number of fused-ring (bicyclic) bond motifs is 2. The van der Waals surface area contributed by atoms with Gasteiger partial charge in [0, 0.05) is 54.7 Å². The van der Waals surface area contributed by atoms with Crippen molar-refractivity contribution in [3.8, 4) is 22.8 Å². The molecule has 3 saturated heterocycles. The number of amides is 3. The normalized spacial score (nSPS) is 19.4. The Labute approximate surface area is 283 Å². The zero-order chi connectivity index (χ0) is 34.0. The van der Waals surface area contributed by atoms with Gasteiger partial charge in [-0.15, -0.1) is 0 Å². The van der Waals surface area contributed by atoms with Crippen LogP contribution in [0.3, 0.4) is 0 Å². The summed E-state index contributed by atoms with van der Waals surface area (Å²) in [5, 5.41) is 3.28. The van der Waals surface area contributed by atoms with Crippen LogP contribution in [0.15, 0.2) is 53.8 Å². The molecule has 6 heterocycles. The highest BCUT2D eigenvalue weighted by molar-refractivity contribution is 6.14. The second-order valence-electron chi connectivity index (χ2n) is 10.6. The van der Waals surface area contributed by atoms with E-state index in [1.54, 1.807) is 40.9 Å². The summed E-state index contributed by atoms with van der Waals surface area (Å²) in [6, 6.07) is 8.07. The molecule has 25 radical (unpaired) electrons. The van der Waals surface area contributed by atoms with Crippen LogP contribution >= 0.6 is 0 Å². The van der Waals surface area contributed by atoms with Crippen LogP contribution in [-0.4, -0.2) is 41.5 Å². The van der Waals surface area contributed by atoms with Crippen LogP contribution in [0, 0.1) is 97.7 Å². The predicted molar refractivity (Wildman–Crippen MR) is 163 cm³/mol. The van der Waals surface area contributed by atoms with Crippen LogP contribution in [0.25, 0.3) is 16.8 Å². The van der Waals surface area contributed by atoms with Crippen molar-refractivity contribution < 1.29 is 23.9 Å². The van der Waals surface area contributed by atoms with Crippen molar-refractivity contribution in [1.29, 1.82) is 0 Å². The van der Waals surface area contributed by atoms with E-state index in [2.05, 4.69) is 96.5 Å². The number of hydrogen-bond acceptors (Lipinski definition) is 9. The second-order valence-corrected chi connectivity index (χ2v) is 10.6. The summed E-state index contributed by atoms with van der Waals surface area (Å²) >= 11 is 0. The molecule has 0 unspecified atom stereocenters. The van der Waals surface area contributed by atoms with Crippen molar-refractivity contribution in [2.75, 3.05) is 4.90 Å². The first-order valence-electron chi connectivity index (χ1n) is 14.0. The van der Waals surface area contributed by atoms with Gasteiger partial charge in [-0.1, -0.05) is 6.07 Å². The van der Waals surface area contributed by atoms with Gasteiger partial charge >= 0.3 is 0 Å². The fraction of sp³-hybridized carbons (Fsp3) is 0.0278. The molecule has 49 heavy (non-hydrogen) atoms. The monoisotopic (exact) mass is 640 g/mol. The standard InChI is InChI=1S/C36H14N7O6/c1-39-18-29(43-21-37-15-28(43)35(39)47)23-12-30(48-2)26(31(13-23)49-3)17-40-10-8-36(9-11-40)19-41(20-36)24-5-4-22-16-42(34(46)25(22)14-24)27-6-7-32(44)38-33(27)45/h4-5,12-15,18,21H,1-3H2. The molecule has 0 aliphatic carbocycles. The maximum absolute atomic E-state index is 13.1. The van der Waals surface area contributed by atoms with E-state index in [0.29, 0.717) is 33.6 Å². The summed E-state index contributed by atoms with van der Waals surface area (Å²) in [4.78, 5) is 56.9. The molecule has 0 atom stereocenters. The van der Waals surface area contributed by atoms with Gasteiger partial charge in [-0.3, -0.25) is 28.5 Å². The fourth-order valence-electron chi connectivity index (χ4n) is 5.32. The summed E-state index contributed by atoms with van der Waals surface area (Å²) in [6.45, 7) is 17.9. The van der Waals surface area contributed by atoms with E-state index in [1.165, 1.54) is 26.9 Å². The van der Waals surface area contributed by atoms with E-state index in [9.17, 15) is 19.2 Å². The lowest BCUT2D eigenvalue weighted by atomic mass is 9.71. The Morgan fingerprint density at radius 1 is 0.939 bits per heavy atom. The number of hydrogen-bond donors (Lipinski definition) is 0. The summed E-state index contributed by atoms with van der Waals surface area (Å²) in [7, 11) is 10.9. The molecule has 2 aromatic heterocycles. The number of likely N-dealkylation sites (tertiary alicyclic amines) is 1. The van der Waals surface area contributed by atoms with E-state index in [4.69, 9.17) is 9.47 Å². The van der Waals surface area contributed by atoms with Crippen LogP contribution < -0.4 is 25.2 Å². The smallest absolute Gasteiger partial charge is 0.278 e. The number of imide groups is 1. The molecule has 0 bridgehead atoms. The topological polar surface area (TPSA) is 133 Å². The fourth-order valence-corrected chi connectivity index (χ4v) is 5.32. The molecule has 13 nitrogen and oxygen atoms in total. The number of ether oxygens (including phenoxy) is 2. The van der Waals surface area contributed by atoms with Crippen LogP contribution in [0.4, 0.5) is 5.69 Å². The van der Waals surface area contributed by atoms with Crippen molar-refractivity contribution in [3.05, 3.63) is 168 Å². The number of anilines is 1. The molecule has 8 rings (SSSR count). The van der Waals surface area contributed by atoms with Gasteiger partial charge in [0.25, 0.3) is 23.3 Å². The van der Waals surface area contributed by atoms with Gasteiger partial charge in [0.05, 0.1) is 43.3 Å². The second kappa shape index (κ2) is 11.8. The van der Waals surface area contributed by atoms with Gasteiger partial charge < -0.3 is 23.8 Å². The molecule has 13 heteroatoms. The predicted octanol–water partition coefficient (Wildman–Crippen LogP) is 1.88. The summed E-state index contributed by atoms with van der Waals surface area (Å²) in [5.41, 5.74) is 1.68. The largest absolute Gasteiger partial charge is 0.490 e. The summed E-state index contributed by atoms with van der Waals surface area (Å²) < 4.78 is 13.6. The number of carbonyl (C=O) groups is 3. The Kier molecular flexibility index (Phi) is 7.47. The Balaban J connectivity index is 0.925. The lowest BCUT2D eigenvalue weighted by Crippen LogP contribution is -2.51. The molecular formula is C36H14N7O6. The molecule has 0 N–H and O–H groups in total. The lowest BCUT2D eigenvalue weighted by molar-refractivity contribution is -0.130. The molecule has 2 aromatic carbocycles. The van der Waals surface area contributed by atoms with Gasteiger partial charge in [-0.2, -0.15) is 5.32 Å². The first-order valence-corrected chi connectivity index (χ1v) is 14.0. The minimum atomic E-state index is -1.10. The third-order valence-electron chi connectivity index (χ3n) is 7.67. The minimum Gasteiger partial charge on any atom is -0.490 e. The van der Waals surface area contributed by atoms with E-state index >= 15 is 0 Å². The average Bonchev–Trinajstić information content (AvgIpc) is 3.71. The van der Waals surface area contributed by atoms with E-state index in [-0.39, 0.29) is 28.7 Å². The molecule has 3 amide bonds. The van der Waals surface area contributed by atoms with Gasteiger partial charge in [-0.05, 0) is 29.8 Å². The van der Waals surface area contributed by atoms with Crippen LogP contribution in [0.1, 0.15) is 21.5 Å². The number of benzene rings is 2. The van der Waals surface area contributed by atoms with Crippen molar-refractivity contribution >= 4 is 28.9 Å². The molecule has 4 aliphatic rings. The van der Waals surface area contributed by atoms with Crippen LogP contribution in [-0.2, 0) is 9.59 Å². The molecule has 3 fully saturated rings. The number of rotatable bonds is 7. The van der Waals surface area contributed by atoms with Crippen molar-refractivity contribution in [1.82, 2.24) is 29.1 Å². The molecule has 4 aromatic rings. The van der Waals surface area contributed by atoms with E-state index < -0.39 is 23.1 Å². The van der Waals surface area contributed by atoms with E-state index in [0.717, 1.165) is 4.90 Å². The molecule has 1 spiro atoms. The molecule has 0 saturated carbocycles. The van der Waals surface area contributed by atoms with Crippen molar-refractivity contribution in [2.24, 2.45) is 5.41 Å². The van der Waals surface area contributed by atoms with Crippen LogP contribution in [0.5, 0.6) is 11.5 Å². The Hall–Kier alpha value is -5.17. The zero-order valence-electron chi connectivity index (χ0n) is 24.8. The first-order chi connectivity index (χ1) is 23.7. The van der Waals surface area contributed by atoms with Crippen LogP contribution in [0.2, 0.25) is 0 Å². The van der Waals surface area contributed by atoms with Crippen molar-refractivity contribution in [3.63, 3.8) is 0 Å². The summed E-state index contributed by atoms with van der Waals surface area (Å²) in [6.07, 6.45) is 15.1. The number of nitrogens with zero attached hydrogens (tertiary/aromatic N) is 7. The Morgan fingerprint density at radius 2 is 1.67 bits per heavy atom. The highest BCUT2D eigenvalue weighted by Crippen LogP contribution is 2.51. The third kappa shape index (κ3) is 5.23. The Morgan fingerprint density at radius 3 is 2.37 bits per heavy atom. The van der Waals surface area contributed by atoms with Gasteiger partial charge in [0.2, 0.25) is 0 Å². The maximum Gasteiger partial charge on any atom is 0.278 e. The SMILES string of the molecule is [CH2]Oc1cc(-c2cn([CH2])c(=O)c3cncn23)cc(O[CH2])c1[C]N1[C][C]C2([C][C]1)[C]N(c1ccc3c(c1)C(=O)N([C]1[C][C]C(=O)[N]C1=O)[C]3)[C]2. The number of aromatic nitrogens is 3. The van der Waals surface area contributed by atoms with E-state index in [1.807, 2.05) is 0 Å². The highest BCUT2D eigenvalue weighted by Gasteiger charge is 2.50. The third-order valence-corrected chi connectivity index (χ3v) is 7.67. The zero-order valence-corrected chi connectivity index (χ0v) is 24.8. The molecule has 229 valence electrons. The number of piperidine rings is 2. The lowest BCUT2D eigenvalue weighted by Gasteiger charge is -2.50. The van der Waals surface area contributed by atoms with Gasteiger partial charge in [0.15, 0.2) is 6.04 Å². The number of carbonyl (C=O) groups excluding carboxylic acids is 3. The Bertz CT molecular complexity index is 2040. The van der Waals surface area contributed by atoms with Gasteiger partial charge in [-0.25, -0.2) is 4.98 Å². The maximum atomic E-state index is 13.1. The summed E-state index contributed by atoms with van der Waals surface area (Å²) in [5.74, 6) is -1.78. The van der Waals surface area contributed by atoms with Gasteiger partial charge in [0.1, 0.15) is 57.4 Å². The highest BCUT2D eigenvalue weighted by atomic mass is 16.5. The minimum absolute atomic E-state index is 0.246. The molecular weight excluding hydrogens is 626 g/mol. The average molecular weight is 641 g/mol. The van der Waals surface area contributed by atoms with Crippen molar-refractivity contribution in [2.45, 2.75) is 0 Å². The number of imidazole rings is 1.